The van der Waals surface area contributed by atoms with Crippen LogP contribution in [-0.2, 0) is 13.1 Å². The summed E-state index contributed by atoms with van der Waals surface area (Å²) >= 11 is 0. The molecule has 0 unspecified atom stereocenters. The molecule has 2 heterocycles. The van der Waals surface area contributed by atoms with E-state index in [0.717, 1.165) is 6.07 Å². The molecule has 0 saturated carbocycles. The first-order valence-corrected chi connectivity index (χ1v) is 8.45. The Kier molecular flexibility index (Phi) is 5.72. The van der Waals surface area contributed by atoms with Crippen molar-refractivity contribution in [1.82, 2.24) is 20.4 Å². The van der Waals surface area contributed by atoms with Crippen LogP contribution in [0.5, 0.6) is 11.6 Å². The number of hydrogen-bond acceptors (Lipinski definition) is 7. The highest BCUT2D eigenvalue weighted by molar-refractivity contribution is 6.01. The summed E-state index contributed by atoms with van der Waals surface area (Å²) in [5, 5.41) is 26.1. The lowest BCUT2D eigenvalue weighted by molar-refractivity contribution is 0.0775. The molecular weight excluding hydrogens is 383 g/mol. The number of rotatable bonds is 6. The summed E-state index contributed by atoms with van der Waals surface area (Å²) in [4.78, 5) is 29.9. The fraction of sp³-hybridized carbons (Fsp3) is 0.158. The Bertz CT molecular complexity index is 1020. The third-order valence-corrected chi connectivity index (χ3v) is 4.04. The first-order valence-electron chi connectivity index (χ1n) is 8.45. The molecule has 1 aromatic carbocycles. The van der Waals surface area contributed by atoms with Crippen molar-refractivity contribution < 1.29 is 28.7 Å². The zero-order valence-corrected chi connectivity index (χ0v) is 15.3. The second-order valence-electron chi connectivity index (χ2n) is 6.19. The minimum atomic E-state index is -0.849. The molecule has 0 radical (unpaired) electrons. The van der Waals surface area contributed by atoms with E-state index in [9.17, 15) is 24.2 Å². The van der Waals surface area contributed by atoms with Gasteiger partial charge < -0.3 is 25.0 Å². The monoisotopic (exact) mass is 400 g/mol. The molecule has 0 fully saturated rings. The van der Waals surface area contributed by atoms with Gasteiger partial charge in [0.05, 0.1) is 12.1 Å². The zero-order valence-electron chi connectivity index (χ0n) is 15.3. The molecule has 0 atom stereocenters. The molecule has 0 aliphatic carbocycles. The molecule has 9 nitrogen and oxygen atoms in total. The number of pyridine rings is 1. The highest BCUT2D eigenvalue weighted by atomic mass is 19.1. The van der Waals surface area contributed by atoms with E-state index in [1.165, 1.54) is 42.5 Å². The van der Waals surface area contributed by atoms with Crippen molar-refractivity contribution in [2.75, 3.05) is 7.05 Å². The average molecular weight is 400 g/mol. The number of amides is 2. The smallest absolute Gasteiger partial charge is 0.272 e. The maximum atomic E-state index is 13.0. The lowest BCUT2D eigenvalue weighted by Crippen LogP contribution is -2.28. The largest absolute Gasteiger partial charge is 0.503 e. The van der Waals surface area contributed by atoms with Gasteiger partial charge in [-0.1, -0.05) is 17.3 Å². The predicted octanol–water partition coefficient (Wildman–Crippen LogP) is 1.82. The summed E-state index contributed by atoms with van der Waals surface area (Å²) in [6.45, 7) is 0.168. The Morgan fingerprint density at radius 2 is 1.93 bits per heavy atom. The van der Waals surface area contributed by atoms with E-state index < -0.39 is 29.3 Å². The molecule has 0 aliphatic heterocycles. The number of hydrogen-bond donors (Lipinski definition) is 3. The molecule has 2 amide bonds. The van der Waals surface area contributed by atoms with Crippen molar-refractivity contribution in [3.05, 3.63) is 71.0 Å². The van der Waals surface area contributed by atoms with Gasteiger partial charge in [0, 0.05) is 19.7 Å². The number of nitrogens with one attached hydrogen (secondary N) is 1. The second-order valence-corrected chi connectivity index (χ2v) is 6.19. The summed E-state index contributed by atoms with van der Waals surface area (Å²) in [5.41, 5.74) is 0.568. The molecule has 150 valence electrons. The number of halogens is 1. The molecular formula is C19H17FN4O5. The van der Waals surface area contributed by atoms with Crippen LogP contribution in [0.4, 0.5) is 4.39 Å². The lowest BCUT2D eigenvalue weighted by Gasteiger charge is -2.16. The molecule has 0 saturated heterocycles. The van der Waals surface area contributed by atoms with Gasteiger partial charge in [-0.3, -0.25) is 9.59 Å². The predicted molar refractivity (Wildman–Crippen MR) is 97.4 cm³/mol. The summed E-state index contributed by atoms with van der Waals surface area (Å²) < 4.78 is 17.7. The van der Waals surface area contributed by atoms with Crippen LogP contribution in [0.25, 0.3) is 0 Å². The lowest BCUT2D eigenvalue weighted by atomic mass is 10.1. The number of carbonyl (C=O) groups excluding carboxylic acids is 2. The van der Waals surface area contributed by atoms with Gasteiger partial charge in [-0.15, -0.1) is 0 Å². The maximum Gasteiger partial charge on any atom is 0.272 e. The third kappa shape index (κ3) is 4.67. The van der Waals surface area contributed by atoms with Gasteiger partial charge in [0.25, 0.3) is 17.7 Å². The van der Waals surface area contributed by atoms with Crippen LogP contribution < -0.4 is 5.32 Å². The molecule has 3 aromatic rings. The van der Waals surface area contributed by atoms with Crippen molar-refractivity contribution in [3.8, 4) is 11.6 Å². The van der Waals surface area contributed by atoms with E-state index in [-0.39, 0.29) is 24.3 Å². The molecule has 0 bridgehead atoms. The van der Waals surface area contributed by atoms with Crippen LogP contribution >= 0.6 is 0 Å². The molecule has 10 heteroatoms. The third-order valence-electron chi connectivity index (χ3n) is 4.04. The van der Waals surface area contributed by atoms with Crippen molar-refractivity contribution in [1.29, 1.82) is 0 Å². The van der Waals surface area contributed by atoms with Gasteiger partial charge in [0.15, 0.2) is 5.75 Å². The standard InChI is InChI=1S/C19H17FN4O5/c1-24(10-13-6-7-29-23-13)19(28)15-8-14(16(25)18(27)22-15)17(26)21-9-11-2-4-12(20)5-3-11/h2-8,25H,9-10H2,1H3,(H,21,26)(H,22,27). The van der Waals surface area contributed by atoms with Gasteiger partial charge in [-0.2, -0.15) is 0 Å². The van der Waals surface area contributed by atoms with Crippen LogP contribution in [0.1, 0.15) is 32.1 Å². The summed E-state index contributed by atoms with van der Waals surface area (Å²) in [6.07, 6.45) is 1.36. The summed E-state index contributed by atoms with van der Waals surface area (Å²) in [6, 6.07) is 8.15. The van der Waals surface area contributed by atoms with Gasteiger partial charge in [0.2, 0.25) is 0 Å². The average Bonchev–Trinajstić information content (AvgIpc) is 3.21. The van der Waals surface area contributed by atoms with Crippen LogP contribution in [0.15, 0.2) is 47.2 Å². The maximum absolute atomic E-state index is 13.0. The second kappa shape index (κ2) is 8.38. The summed E-state index contributed by atoms with van der Waals surface area (Å²) in [7, 11) is 1.48. The van der Waals surface area contributed by atoms with Crippen LogP contribution in [0, 0.1) is 5.82 Å². The molecule has 0 spiro atoms. The topological polar surface area (TPSA) is 129 Å². The minimum Gasteiger partial charge on any atom is -0.503 e. The van der Waals surface area contributed by atoms with Gasteiger partial charge in [0.1, 0.15) is 23.5 Å². The Labute approximate surface area is 164 Å². The SMILES string of the molecule is CN(Cc1ccon1)C(=O)c1cc(C(=O)NCc2ccc(F)cc2)c(O)c(O)n1. The molecule has 2 aromatic heterocycles. The van der Waals surface area contributed by atoms with Crippen LogP contribution in [0.2, 0.25) is 0 Å². The van der Waals surface area contributed by atoms with Crippen molar-refractivity contribution >= 4 is 11.8 Å². The van der Waals surface area contributed by atoms with Crippen LogP contribution in [0.3, 0.4) is 0 Å². The van der Waals surface area contributed by atoms with Crippen molar-refractivity contribution in [2.45, 2.75) is 13.1 Å². The molecule has 3 rings (SSSR count). The molecule has 29 heavy (non-hydrogen) atoms. The Morgan fingerprint density at radius 3 is 2.59 bits per heavy atom. The fourth-order valence-electron chi connectivity index (χ4n) is 2.52. The minimum absolute atomic E-state index is 0.0526. The van der Waals surface area contributed by atoms with E-state index in [0.29, 0.717) is 11.3 Å². The number of benzene rings is 1. The number of aromatic hydroxyl groups is 2. The zero-order chi connectivity index (χ0) is 21.0. The Hall–Kier alpha value is -3.95. The van der Waals surface area contributed by atoms with E-state index in [1.54, 1.807) is 6.07 Å². The highest BCUT2D eigenvalue weighted by Gasteiger charge is 2.22. The molecule has 3 N–H and O–H groups in total. The number of nitrogens with zero attached hydrogens (tertiary/aromatic N) is 3. The van der Waals surface area contributed by atoms with Gasteiger partial charge >= 0.3 is 0 Å². The highest BCUT2D eigenvalue weighted by Crippen LogP contribution is 2.28. The Morgan fingerprint density at radius 1 is 1.21 bits per heavy atom. The fourth-order valence-corrected chi connectivity index (χ4v) is 2.52. The normalized spacial score (nSPS) is 10.6. The molecule has 0 aliphatic rings. The number of aromatic nitrogens is 2. The number of carbonyl (C=O) groups is 2. The van der Waals surface area contributed by atoms with Crippen LogP contribution in [-0.4, -0.2) is 44.1 Å². The van der Waals surface area contributed by atoms with Crippen molar-refractivity contribution in [2.24, 2.45) is 0 Å². The first-order chi connectivity index (χ1) is 13.8. The van der Waals surface area contributed by atoms with E-state index in [2.05, 4.69) is 15.5 Å². The van der Waals surface area contributed by atoms with Crippen molar-refractivity contribution in [3.63, 3.8) is 0 Å². The van der Waals surface area contributed by atoms with E-state index >= 15 is 0 Å². The van der Waals surface area contributed by atoms with E-state index in [1.807, 2.05) is 0 Å². The quantitative estimate of drug-likeness (QED) is 0.576. The first kappa shape index (κ1) is 19.8. The summed E-state index contributed by atoms with van der Waals surface area (Å²) in [5.74, 6) is -3.35. The Balaban J connectivity index is 1.76. The van der Waals surface area contributed by atoms with E-state index in [4.69, 9.17) is 4.52 Å². The van der Waals surface area contributed by atoms with Gasteiger partial charge in [-0.25, -0.2) is 9.37 Å². The van der Waals surface area contributed by atoms with Gasteiger partial charge in [-0.05, 0) is 23.8 Å².